The largest absolute Gasteiger partial charge is 0.497 e. The highest BCUT2D eigenvalue weighted by molar-refractivity contribution is 6.29. The maximum Gasteiger partial charge on any atom is 0.329 e. The molecule has 5 nitrogen and oxygen atoms in total. The molecule has 0 aliphatic heterocycles. The van der Waals surface area contributed by atoms with Crippen LogP contribution < -0.4 is 16.0 Å². The van der Waals surface area contributed by atoms with Crippen LogP contribution in [0.15, 0.2) is 33.9 Å². The third kappa shape index (κ3) is 2.91. The molecule has 1 N–H and O–H groups in total. The van der Waals surface area contributed by atoms with Crippen LogP contribution >= 0.6 is 11.6 Å². The Morgan fingerprint density at radius 2 is 1.95 bits per heavy atom. The summed E-state index contributed by atoms with van der Waals surface area (Å²) in [6, 6.07) is 7.16. The Morgan fingerprint density at radius 1 is 1.30 bits per heavy atom. The van der Waals surface area contributed by atoms with Gasteiger partial charge in [0.25, 0.3) is 5.56 Å². The molecule has 7 heteroatoms. The maximum absolute atomic E-state index is 13.3. The third-order valence-corrected chi connectivity index (χ3v) is 3.13. The van der Waals surface area contributed by atoms with E-state index in [1.807, 2.05) is 12.1 Å². The maximum atomic E-state index is 13.3. The Labute approximate surface area is 118 Å². The van der Waals surface area contributed by atoms with Crippen molar-refractivity contribution in [2.45, 2.75) is 13.0 Å². The van der Waals surface area contributed by atoms with Crippen LogP contribution in [0.3, 0.4) is 0 Å². The van der Waals surface area contributed by atoms with Gasteiger partial charge in [-0.05, 0) is 24.1 Å². The molecule has 0 atom stereocenters. The van der Waals surface area contributed by atoms with Crippen LogP contribution in [0.4, 0.5) is 4.39 Å². The van der Waals surface area contributed by atoms with Crippen LogP contribution in [0.1, 0.15) is 5.56 Å². The molecule has 20 heavy (non-hydrogen) atoms. The molecule has 0 fully saturated rings. The minimum absolute atomic E-state index is 0.0641. The standard InChI is InChI=1S/C13H12ClFN2O3/c1-20-9-4-2-8(3-5-9)6-7-17-12(18)10(15)11(14)16-13(17)19/h2-5H,6-7H2,1H3,(H,16,19). The number of aromatic amines is 1. The molecule has 1 aromatic carbocycles. The summed E-state index contributed by atoms with van der Waals surface area (Å²) in [6.07, 6.45) is 0.411. The number of nitrogens with zero attached hydrogens (tertiary/aromatic N) is 1. The fourth-order valence-electron chi connectivity index (χ4n) is 1.76. The number of aromatic nitrogens is 2. The van der Waals surface area contributed by atoms with Crippen LogP contribution in [-0.4, -0.2) is 16.7 Å². The van der Waals surface area contributed by atoms with Crippen molar-refractivity contribution in [2.24, 2.45) is 0 Å². The molecule has 1 heterocycles. The number of aryl methyl sites for hydroxylation is 1. The predicted octanol–water partition coefficient (Wildman–Crippen LogP) is 1.58. The molecule has 0 spiro atoms. The minimum Gasteiger partial charge on any atom is -0.497 e. The molecule has 0 unspecified atom stereocenters. The van der Waals surface area contributed by atoms with Gasteiger partial charge < -0.3 is 4.74 Å². The Kier molecular flexibility index (Phi) is 4.24. The van der Waals surface area contributed by atoms with Crippen LogP contribution in [-0.2, 0) is 13.0 Å². The molecule has 0 amide bonds. The lowest BCUT2D eigenvalue weighted by Gasteiger charge is -2.06. The van der Waals surface area contributed by atoms with Crippen LogP contribution in [0, 0.1) is 5.82 Å². The molecule has 106 valence electrons. The van der Waals surface area contributed by atoms with Gasteiger partial charge in [-0.1, -0.05) is 23.7 Å². The molecular formula is C13H12ClFN2O3. The van der Waals surface area contributed by atoms with Crippen molar-refractivity contribution >= 4 is 11.6 Å². The molecule has 2 rings (SSSR count). The van der Waals surface area contributed by atoms with Crippen molar-refractivity contribution in [3.05, 3.63) is 61.6 Å². The molecule has 2 aromatic rings. The normalized spacial score (nSPS) is 10.6. The average Bonchev–Trinajstić information content (AvgIpc) is 2.45. The average molecular weight is 299 g/mol. The molecule has 0 radical (unpaired) electrons. The Morgan fingerprint density at radius 3 is 2.55 bits per heavy atom. The van der Waals surface area contributed by atoms with E-state index in [2.05, 4.69) is 4.98 Å². The summed E-state index contributed by atoms with van der Waals surface area (Å²) < 4.78 is 19.2. The highest BCUT2D eigenvalue weighted by atomic mass is 35.5. The smallest absolute Gasteiger partial charge is 0.329 e. The van der Waals surface area contributed by atoms with E-state index >= 15 is 0 Å². The summed E-state index contributed by atoms with van der Waals surface area (Å²) in [7, 11) is 1.56. The lowest BCUT2D eigenvalue weighted by Crippen LogP contribution is -2.37. The van der Waals surface area contributed by atoms with E-state index in [9.17, 15) is 14.0 Å². The van der Waals surface area contributed by atoms with Gasteiger partial charge in [0.15, 0.2) is 5.15 Å². The van der Waals surface area contributed by atoms with Crippen molar-refractivity contribution < 1.29 is 9.13 Å². The van der Waals surface area contributed by atoms with Crippen molar-refractivity contribution in [2.75, 3.05) is 7.11 Å². The van der Waals surface area contributed by atoms with Crippen LogP contribution in [0.2, 0.25) is 5.15 Å². The first-order chi connectivity index (χ1) is 9.52. The number of nitrogens with one attached hydrogen (secondary N) is 1. The van der Waals surface area contributed by atoms with E-state index in [1.165, 1.54) is 0 Å². The Balaban J connectivity index is 2.21. The molecular weight excluding hydrogens is 287 g/mol. The Hall–Kier alpha value is -2.08. The van der Waals surface area contributed by atoms with Crippen molar-refractivity contribution in [1.29, 1.82) is 0 Å². The molecule has 0 bridgehead atoms. The van der Waals surface area contributed by atoms with E-state index < -0.39 is 22.2 Å². The first kappa shape index (κ1) is 14.3. The third-order valence-electron chi connectivity index (χ3n) is 2.87. The SMILES string of the molecule is COc1ccc(CCn2c(=O)[nH]c(Cl)c(F)c2=O)cc1. The summed E-state index contributed by atoms with van der Waals surface area (Å²) >= 11 is 5.38. The molecule has 0 saturated heterocycles. The fourth-order valence-corrected chi connectivity index (χ4v) is 1.92. The molecule has 0 aliphatic rings. The highest BCUT2D eigenvalue weighted by Crippen LogP contribution is 2.11. The van der Waals surface area contributed by atoms with Gasteiger partial charge in [-0.15, -0.1) is 0 Å². The second kappa shape index (κ2) is 5.92. The van der Waals surface area contributed by atoms with Gasteiger partial charge in [0.05, 0.1) is 7.11 Å². The zero-order valence-electron chi connectivity index (χ0n) is 10.7. The lowest BCUT2D eigenvalue weighted by atomic mass is 10.1. The minimum atomic E-state index is -1.15. The van der Waals surface area contributed by atoms with E-state index in [1.54, 1.807) is 19.2 Å². The number of methoxy groups -OCH3 is 1. The number of ether oxygens (including phenoxy) is 1. The topological polar surface area (TPSA) is 64.1 Å². The summed E-state index contributed by atoms with van der Waals surface area (Å²) in [5.41, 5.74) is -0.852. The number of hydrogen-bond acceptors (Lipinski definition) is 3. The monoisotopic (exact) mass is 298 g/mol. The van der Waals surface area contributed by atoms with Gasteiger partial charge in [-0.25, -0.2) is 4.79 Å². The van der Waals surface area contributed by atoms with Crippen LogP contribution in [0.25, 0.3) is 0 Å². The van der Waals surface area contributed by atoms with E-state index in [4.69, 9.17) is 16.3 Å². The van der Waals surface area contributed by atoms with Crippen LogP contribution in [0.5, 0.6) is 5.75 Å². The Bertz CT molecular complexity index is 722. The van der Waals surface area contributed by atoms with Gasteiger partial charge in [0, 0.05) is 6.54 Å². The van der Waals surface area contributed by atoms with E-state index in [-0.39, 0.29) is 6.54 Å². The number of halogens is 2. The second-order valence-corrected chi connectivity index (χ2v) is 4.49. The second-order valence-electron chi connectivity index (χ2n) is 4.11. The van der Waals surface area contributed by atoms with E-state index in [0.29, 0.717) is 12.2 Å². The molecule has 0 aliphatic carbocycles. The summed E-state index contributed by atoms with van der Waals surface area (Å²) in [6.45, 7) is 0.0641. The number of H-pyrrole nitrogens is 1. The fraction of sp³-hybridized carbons (Fsp3) is 0.231. The lowest BCUT2D eigenvalue weighted by molar-refractivity contribution is 0.414. The summed E-state index contributed by atoms with van der Waals surface area (Å²) in [4.78, 5) is 25.2. The summed E-state index contributed by atoms with van der Waals surface area (Å²) in [5.74, 6) is -0.442. The van der Waals surface area contributed by atoms with Gasteiger partial charge in [0.2, 0.25) is 5.82 Å². The van der Waals surface area contributed by atoms with E-state index in [0.717, 1.165) is 10.1 Å². The number of hydrogen-bond donors (Lipinski definition) is 1. The molecule has 1 aromatic heterocycles. The van der Waals surface area contributed by atoms with Gasteiger partial charge in [0.1, 0.15) is 5.75 Å². The molecule has 0 saturated carbocycles. The first-order valence-electron chi connectivity index (χ1n) is 5.84. The van der Waals surface area contributed by atoms with Crippen molar-refractivity contribution in [1.82, 2.24) is 9.55 Å². The van der Waals surface area contributed by atoms with Gasteiger partial charge in [-0.3, -0.25) is 14.3 Å². The quantitative estimate of drug-likeness (QED) is 0.872. The summed E-state index contributed by atoms with van der Waals surface area (Å²) in [5, 5.41) is -0.569. The predicted molar refractivity (Wildman–Crippen MR) is 73.0 cm³/mol. The first-order valence-corrected chi connectivity index (χ1v) is 6.21. The van der Waals surface area contributed by atoms with Crippen molar-refractivity contribution in [3.63, 3.8) is 0 Å². The zero-order chi connectivity index (χ0) is 14.7. The number of benzene rings is 1. The number of rotatable bonds is 4. The van der Waals surface area contributed by atoms with Gasteiger partial charge >= 0.3 is 5.69 Å². The zero-order valence-corrected chi connectivity index (χ0v) is 11.4. The van der Waals surface area contributed by atoms with Crippen molar-refractivity contribution in [3.8, 4) is 5.75 Å². The highest BCUT2D eigenvalue weighted by Gasteiger charge is 2.11. The van der Waals surface area contributed by atoms with Gasteiger partial charge in [-0.2, -0.15) is 4.39 Å².